The Labute approximate surface area is 108 Å². The second-order valence-corrected chi connectivity index (χ2v) is 5.19. The maximum absolute atomic E-state index is 11.1. The molecule has 0 bridgehead atoms. The number of hydrogen-bond acceptors (Lipinski definition) is 4. The van der Waals surface area contributed by atoms with Crippen molar-refractivity contribution in [3.8, 4) is 0 Å². The molecule has 3 nitrogen and oxygen atoms in total. The number of hydrogen-bond donors (Lipinski definition) is 1. The zero-order valence-corrected chi connectivity index (χ0v) is 11.0. The average molecular weight is 264 g/mol. The number of aromatic nitrogens is 2. The summed E-state index contributed by atoms with van der Waals surface area (Å²) in [6, 6.07) is 10.2. The highest BCUT2D eigenvalue weighted by Gasteiger charge is 2.04. The van der Waals surface area contributed by atoms with Crippen molar-refractivity contribution in [2.45, 2.75) is 15.7 Å². The van der Waals surface area contributed by atoms with Gasteiger partial charge in [-0.1, -0.05) is 30.3 Å². The molecule has 0 saturated carbocycles. The lowest BCUT2D eigenvalue weighted by Gasteiger charge is -2.05. The third-order valence-corrected chi connectivity index (χ3v) is 4.14. The molecule has 2 aromatic rings. The molecule has 88 valence electrons. The van der Waals surface area contributed by atoms with Gasteiger partial charge in [-0.2, -0.15) is 0 Å². The molecule has 1 N–H and O–H groups in total. The van der Waals surface area contributed by atoms with Crippen molar-refractivity contribution in [2.75, 3.05) is 6.26 Å². The molecule has 0 aliphatic rings. The summed E-state index contributed by atoms with van der Waals surface area (Å²) in [5.74, 6) is 0.877. The predicted octanol–water partition coefficient (Wildman–Crippen LogP) is 2.78. The van der Waals surface area contributed by atoms with Gasteiger partial charge in [-0.3, -0.25) is 4.98 Å². The number of aromatic amines is 1. The van der Waals surface area contributed by atoms with Crippen LogP contribution >= 0.6 is 23.5 Å². The molecule has 17 heavy (non-hydrogen) atoms. The Morgan fingerprint density at radius 3 is 2.76 bits per heavy atom. The van der Waals surface area contributed by atoms with Crippen LogP contribution in [0.2, 0.25) is 0 Å². The van der Waals surface area contributed by atoms with Crippen LogP contribution < -0.4 is 5.69 Å². The maximum Gasteiger partial charge on any atom is 0.345 e. The summed E-state index contributed by atoms with van der Waals surface area (Å²) in [5.41, 5.74) is 0.967. The number of benzene rings is 1. The molecule has 0 fully saturated rings. The summed E-state index contributed by atoms with van der Waals surface area (Å²) in [6.45, 7) is 0. The molecule has 1 aromatic heterocycles. The zero-order chi connectivity index (χ0) is 12.1. The summed E-state index contributed by atoms with van der Waals surface area (Å²) < 4.78 is 0. The quantitative estimate of drug-likeness (QED) is 0.681. The van der Waals surface area contributed by atoms with Gasteiger partial charge in [0.25, 0.3) is 0 Å². The Bertz CT molecular complexity index is 540. The number of H-pyrrole nitrogens is 1. The van der Waals surface area contributed by atoms with E-state index in [9.17, 15) is 4.79 Å². The fourth-order valence-electron chi connectivity index (χ4n) is 1.36. The highest BCUT2D eigenvalue weighted by molar-refractivity contribution is 8.01. The van der Waals surface area contributed by atoms with Crippen LogP contribution in [-0.4, -0.2) is 16.2 Å². The molecular weight excluding hydrogens is 252 g/mol. The molecule has 0 unspecified atom stereocenters. The van der Waals surface area contributed by atoms with Gasteiger partial charge in [0.1, 0.15) is 0 Å². The van der Waals surface area contributed by atoms with Gasteiger partial charge < -0.3 is 0 Å². The van der Waals surface area contributed by atoms with Gasteiger partial charge in [0.05, 0.1) is 9.92 Å². The van der Waals surface area contributed by atoms with Gasteiger partial charge in [-0.05, 0) is 11.8 Å². The lowest BCUT2D eigenvalue weighted by molar-refractivity contribution is 0.911. The Balaban J connectivity index is 2.11. The number of nitrogens with zero attached hydrogens (tertiary/aromatic N) is 1. The topological polar surface area (TPSA) is 45.8 Å². The van der Waals surface area contributed by atoms with Gasteiger partial charge in [0, 0.05) is 11.9 Å². The minimum absolute atomic E-state index is 0.293. The van der Waals surface area contributed by atoms with E-state index in [0.29, 0.717) is 0 Å². The van der Waals surface area contributed by atoms with Crippen molar-refractivity contribution in [1.29, 1.82) is 0 Å². The predicted molar refractivity (Wildman–Crippen MR) is 72.6 cm³/mol. The molecular formula is C12H12N2OS2. The molecule has 0 spiro atoms. The van der Waals surface area contributed by atoms with E-state index in [1.807, 2.05) is 24.5 Å². The van der Waals surface area contributed by atoms with E-state index in [2.05, 4.69) is 22.1 Å². The Morgan fingerprint density at radius 1 is 1.29 bits per heavy atom. The number of thioether (sulfide) groups is 2. The van der Waals surface area contributed by atoms with Crippen LogP contribution in [0.3, 0.4) is 0 Å². The van der Waals surface area contributed by atoms with Crippen LogP contribution in [0.25, 0.3) is 0 Å². The third-order valence-electron chi connectivity index (χ3n) is 2.18. The number of nitrogens with one attached hydrogen (secondary N) is 1. The number of rotatable bonds is 4. The molecule has 0 atom stereocenters. The van der Waals surface area contributed by atoms with Crippen LogP contribution in [0.15, 0.2) is 51.2 Å². The molecule has 0 saturated heterocycles. The van der Waals surface area contributed by atoms with Crippen molar-refractivity contribution >= 4 is 23.5 Å². The van der Waals surface area contributed by atoms with Crippen molar-refractivity contribution in [2.24, 2.45) is 0 Å². The highest BCUT2D eigenvalue weighted by Crippen LogP contribution is 2.28. The van der Waals surface area contributed by atoms with Crippen LogP contribution in [0.1, 0.15) is 5.56 Å². The molecule has 0 radical (unpaired) electrons. The Kier molecular flexibility index (Phi) is 4.28. The summed E-state index contributed by atoms with van der Waals surface area (Å²) in [4.78, 5) is 18.6. The molecule has 0 aliphatic heterocycles. The van der Waals surface area contributed by atoms with Crippen LogP contribution in [0.5, 0.6) is 0 Å². The van der Waals surface area contributed by atoms with Gasteiger partial charge in [0.2, 0.25) is 0 Å². The van der Waals surface area contributed by atoms with Crippen LogP contribution in [-0.2, 0) is 5.75 Å². The van der Waals surface area contributed by atoms with Crippen molar-refractivity contribution in [1.82, 2.24) is 9.97 Å². The lowest BCUT2D eigenvalue weighted by Crippen LogP contribution is -2.10. The van der Waals surface area contributed by atoms with Crippen molar-refractivity contribution in [3.05, 3.63) is 52.6 Å². The highest BCUT2D eigenvalue weighted by atomic mass is 32.2. The molecule has 1 heterocycles. The molecule has 1 aromatic carbocycles. The Morgan fingerprint density at radius 2 is 2.06 bits per heavy atom. The van der Waals surface area contributed by atoms with E-state index >= 15 is 0 Å². The standard InChI is InChI=1S/C12H12N2OS2/c1-16-11-10(7-13-12(15)14-11)17-8-9-5-3-2-4-6-9/h2-7H,8H2,1H3,(H,13,14,15). The van der Waals surface area contributed by atoms with Gasteiger partial charge in [-0.25, -0.2) is 9.78 Å². The SMILES string of the molecule is CSc1[nH]c(=O)ncc1SCc1ccccc1. The first-order valence-corrected chi connectivity index (χ1v) is 7.30. The first kappa shape index (κ1) is 12.3. The fraction of sp³-hybridized carbons (Fsp3) is 0.167. The zero-order valence-electron chi connectivity index (χ0n) is 9.34. The Hall–Kier alpha value is -1.20. The van der Waals surface area contributed by atoms with Crippen molar-refractivity contribution in [3.63, 3.8) is 0 Å². The van der Waals surface area contributed by atoms with E-state index in [-0.39, 0.29) is 5.69 Å². The molecule has 2 rings (SSSR count). The van der Waals surface area contributed by atoms with Gasteiger partial charge >= 0.3 is 5.69 Å². The second kappa shape index (κ2) is 5.93. The first-order valence-electron chi connectivity index (χ1n) is 5.09. The van der Waals surface area contributed by atoms with E-state index in [1.54, 1.807) is 18.0 Å². The summed E-state index contributed by atoms with van der Waals surface area (Å²) in [5, 5.41) is 0.880. The second-order valence-electron chi connectivity index (χ2n) is 3.36. The summed E-state index contributed by atoms with van der Waals surface area (Å²) in [6.07, 6.45) is 3.58. The first-order chi connectivity index (χ1) is 8.29. The largest absolute Gasteiger partial charge is 0.345 e. The minimum Gasteiger partial charge on any atom is -0.299 e. The van der Waals surface area contributed by atoms with Gasteiger partial charge in [0.15, 0.2) is 0 Å². The van der Waals surface area contributed by atoms with Crippen LogP contribution in [0, 0.1) is 0 Å². The maximum atomic E-state index is 11.1. The normalized spacial score (nSPS) is 10.4. The van der Waals surface area contributed by atoms with E-state index in [0.717, 1.165) is 15.7 Å². The minimum atomic E-state index is -0.293. The van der Waals surface area contributed by atoms with Crippen molar-refractivity contribution < 1.29 is 0 Å². The molecule has 0 amide bonds. The van der Waals surface area contributed by atoms with E-state index in [1.165, 1.54) is 17.3 Å². The lowest BCUT2D eigenvalue weighted by atomic mass is 10.2. The monoisotopic (exact) mass is 264 g/mol. The fourth-order valence-corrected chi connectivity index (χ4v) is 3.05. The summed E-state index contributed by atoms with van der Waals surface area (Å²) in [7, 11) is 0. The molecule has 0 aliphatic carbocycles. The average Bonchev–Trinajstić information content (AvgIpc) is 2.38. The van der Waals surface area contributed by atoms with E-state index < -0.39 is 0 Å². The smallest absolute Gasteiger partial charge is 0.299 e. The van der Waals surface area contributed by atoms with E-state index in [4.69, 9.17) is 0 Å². The molecule has 5 heteroatoms. The van der Waals surface area contributed by atoms with Gasteiger partial charge in [-0.15, -0.1) is 23.5 Å². The third kappa shape index (κ3) is 3.38. The summed E-state index contributed by atoms with van der Waals surface area (Å²) >= 11 is 3.21. The van der Waals surface area contributed by atoms with Crippen LogP contribution in [0.4, 0.5) is 0 Å².